The molecule has 2 saturated heterocycles. The summed E-state index contributed by atoms with van der Waals surface area (Å²) in [5.41, 5.74) is 2.85. The summed E-state index contributed by atoms with van der Waals surface area (Å²) in [5, 5.41) is 3.28. The van der Waals surface area contributed by atoms with Crippen LogP contribution in [0.3, 0.4) is 0 Å². The van der Waals surface area contributed by atoms with E-state index >= 15 is 0 Å². The minimum atomic E-state index is -0.116. The van der Waals surface area contributed by atoms with Gasteiger partial charge in [0.2, 0.25) is 0 Å². The highest BCUT2D eigenvalue weighted by Crippen LogP contribution is 2.32. The summed E-state index contributed by atoms with van der Waals surface area (Å²) in [6.45, 7) is 4.36. The van der Waals surface area contributed by atoms with E-state index in [9.17, 15) is 4.79 Å². The number of ether oxygens (including phenoxy) is 1. The lowest BCUT2D eigenvalue weighted by atomic mass is 9.93. The zero-order valence-electron chi connectivity index (χ0n) is 9.98. The van der Waals surface area contributed by atoms with Gasteiger partial charge in [0.05, 0.1) is 6.61 Å². The van der Waals surface area contributed by atoms with Gasteiger partial charge in [0, 0.05) is 24.9 Å². The number of fused-ring (bicyclic) bond motifs is 2. The second-order valence-electron chi connectivity index (χ2n) is 5.03. The zero-order valence-corrected chi connectivity index (χ0v) is 9.98. The summed E-state index contributed by atoms with van der Waals surface area (Å²) in [4.78, 5) is 11.0. The molecule has 0 radical (unpaired) electrons. The first-order chi connectivity index (χ1) is 8.25. The molecule has 0 spiro atoms. The molecule has 17 heavy (non-hydrogen) atoms. The minimum absolute atomic E-state index is 0.116. The monoisotopic (exact) mass is 231 g/mol. The van der Waals surface area contributed by atoms with Crippen LogP contribution in [0.25, 0.3) is 11.1 Å². The molecule has 90 valence electrons. The number of Topliss-reactive ketones (excluding diaryl/α,β-unsaturated/α-hetero) is 1. The number of rotatable bonds is 1. The predicted molar refractivity (Wildman–Crippen MR) is 65.7 cm³/mol. The Hall–Kier alpha value is -1.19. The number of carbonyl (C=O) groups excluding carboxylic acids is 1. The van der Waals surface area contributed by atoms with Crippen molar-refractivity contribution in [2.45, 2.75) is 13.0 Å². The van der Waals surface area contributed by atoms with Crippen molar-refractivity contribution in [2.24, 2.45) is 11.8 Å². The van der Waals surface area contributed by atoms with E-state index in [0.717, 1.165) is 19.7 Å². The third kappa shape index (κ3) is 2.13. The molecule has 3 atom stereocenters. The van der Waals surface area contributed by atoms with E-state index < -0.39 is 0 Å². The second-order valence-corrected chi connectivity index (χ2v) is 5.03. The van der Waals surface area contributed by atoms with Crippen molar-refractivity contribution >= 4 is 5.78 Å². The Balaban J connectivity index is 0.000000125. The van der Waals surface area contributed by atoms with E-state index in [4.69, 9.17) is 4.74 Å². The lowest BCUT2D eigenvalue weighted by molar-refractivity contribution is -0.127. The quantitative estimate of drug-likeness (QED) is 0.808. The molecular formula is C14H17NO2. The highest BCUT2D eigenvalue weighted by atomic mass is 16.5. The van der Waals surface area contributed by atoms with Gasteiger partial charge < -0.3 is 10.1 Å². The molecule has 0 amide bonds. The molecule has 4 aliphatic rings. The molecular weight excluding hydrogens is 214 g/mol. The number of nitrogens with one attached hydrogen (secondary N) is 1. The molecule has 4 rings (SSSR count). The smallest absolute Gasteiger partial charge is 0.158 e. The van der Waals surface area contributed by atoms with Crippen molar-refractivity contribution in [1.29, 1.82) is 0 Å². The number of ketones is 1. The van der Waals surface area contributed by atoms with Gasteiger partial charge in [-0.2, -0.15) is 0 Å². The summed E-state index contributed by atoms with van der Waals surface area (Å²) in [7, 11) is 0. The third-order valence-electron chi connectivity index (χ3n) is 3.78. The molecule has 1 N–H and O–H groups in total. The number of hydrogen-bond acceptors (Lipinski definition) is 3. The number of carbonyl (C=O) groups is 1. The molecule has 0 aromatic heterocycles. The largest absolute Gasteiger partial charge is 0.370 e. The van der Waals surface area contributed by atoms with Crippen LogP contribution in [0.5, 0.6) is 0 Å². The topological polar surface area (TPSA) is 38.3 Å². The summed E-state index contributed by atoms with van der Waals surface area (Å²) in [6, 6.07) is 8.48. The molecule has 0 aromatic carbocycles. The number of benzene rings is 1. The van der Waals surface area contributed by atoms with E-state index in [1.54, 1.807) is 6.92 Å². The van der Waals surface area contributed by atoms with Crippen LogP contribution in [-0.2, 0) is 9.53 Å². The van der Waals surface area contributed by atoms with E-state index in [1.807, 2.05) is 0 Å². The van der Waals surface area contributed by atoms with Crippen LogP contribution >= 0.6 is 0 Å². The molecule has 3 nitrogen and oxygen atoms in total. The van der Waals surface area contributed by atoms with E-state index in [1.165, 1.54) is 11.1 Å². The van der Waals surface area contributed by atoms with Crippen molar-refractivity contribution in [2.75, 3.05) is 19.7 Å². The predicted octanol–water partition coefficient (Wildman–Crippen LogP) is 1.48. The first-order valence-electron chi connectivity index (χ1n) is 6.19. The van der Waals surface area contributed by atoms with Gasteiger partial charge in [-0.05, 0) is 24.1 Å². The van der Waals surface area contributed by atoms with Crippen LogP contribution < -0.4 is 5.32 Å². The molecule has 2 aliphatic heterocycles. The van der Waals surface area contributed by atoms with E-state index in [-0.39, 0.29) is 11.9 Å². The van der Waals surface area contributed by atoms with Crippen molar-refractivity contribution in [3.8, 4) is 11.1 Å². The molecule has 2 aliphatic carbocycles. The van der Waals surface area contributed by atoms with E-state index in [0.29, 0.717) is 11.8 Å². The Morgan fingerprint density at radius 1 is 1.35 bits per heavy atom. The lowest BCUT2D eigenvalue weighted by Gasteiger charge is -2.11. The van der Waals surface area contributed by atoms with Crippen molar-refractivity contribution in [3.05, 3.63) is 24.3 Å². The number of hydrogen-bond donors (Lipinski definition) is 1. The molecule has 0 saturated carbocycles. The van der Waals surface area contributed by atoms with Crippen LogP contribution in [0.4, 0.5) is 0 Å². The average Bonchev–Trinajstić information content (AvgIpc) is 2.77. The van der Waals surface area contributed by atoms with Gasteiger partial charge >= 0.3 is 0 Å². The average molecular weight is 231 g/mol. The zero-order chi connectivity index (χ0) is 11.8. The normalized spacial score (nSPS) is 31.5. The van der Waals surface area contributed by atoms with Gasteiger partial charge in [-0.1, -0.05) is 18.2 Å². The van der Waals surface area contributed by atoms with Gasteiger partial charge in [-0.15, -0.1) is 0 Å². The molecule has 2 heterocycles. The van der Waals surface area contributed by atoms with E-state index in [2.05, 4.69) is 29.6 Å². The Labute approximate surface area is 101 Å². The minimum Gasteiger partial charge on any atom is -0.370 e. The summed E-state index contributed by atoms with van der Waals surface area (Å²) in [6.07, 6.45) is -0.116. The second kappa shape index (κ2) is 4.24. The van der Waals surface area contributed by atoms with Gasteiger partial charge in [-0.3, -0.25) is 4.79 Å². The van der Waals surface area contributed by atoms with Crippen LogP contribution in [0, 0.1) is 11.8 Å². The Morgan fingerprint density at radius 2 is 2.12 bits per heavy atom. The van der Waals surface area contributed by atoms with Crippen LogP contribution in [0.2, 0.25) is 0 Å². The Kier molecular flexibility index (Phi) is 2.73. The summed E-state index contributed by atoms with van der Waals surface area (Å²) < 4.78 is 5.39. The standard InChI is InChI=1S/C8H13NO2.C6H4/c1-5(10)8-7-3-9-2-6(7)4-11-8;1-2-5-4-6(5)3-1/h6-9H,2-4H2,1H3;1-4H. The van der Waals surface area contributed by atoms with Gasteiger partial charge in [0.15, 0.2) is 5.78 Å². The molecule has 0 bridgehead atoms. The molecule has 3 heteroatoms. The highest BCUT2D eigenvalue weighted by Gasteiger charge is 2.42. The fourth-order valence-electron chi connectivity index (χ4n) is 2.74. The van der Waals surface area contributed by atoms with Gasteiger partial charge in [0.25, 0.3) is 0 Å². The van der Waals surface area contributed by atoms with Crippen LogP contribution in [-0.4, -0.2) is 31.6 Å². The Bertz CT molecular complexity index is 426. The maximum atomic E-state index is 11.0. The maximum Gasteiger partial charge on any atom is 0.158 e. The molecule has 2 fully saturated rings. The van der Waals surface area contributed by atoms with Crippen LogP contribution in [0.1, 0.15) is 6.92 Å². The highest BCUT2D eigenvalue weighted by molar-refractivity contribution is 5.81. The molecule has 0 aromatic rings. The molecule has 3 unspecified atom stereocenters. The van der Waals surface area contributed by atoms with Crippen molar-refractivity contribution in [1.82, 2.24) is 5.32 Å². The summed E-state index contributed by atoms with van der Waals surface area (Å²) >= 11 is 0. The SMILES string of the molecule is CC(=O)C1OCC2CNCC21.c1cc2cc-2c1. The summed E-state index contributed by atoms with van der Waals surface area (Å²) in [5.74, 6) is 1.22. The van der Waals surface area contributed by atoms with Crippen molar-refractivity contribution in [3.63, 3.8) is 0 Å². The first-order valence-corrected chi connectivity index (χ1v) is 6.19. The fraction of sp³-hybridized carbons (Fsp3) is 0.500. The van der Waals surface area contributed by atoms with Gasteiger partial charge in [0.1, 0.15) is 6.10 Å². The van der Waals surface area contributed by atoms with Crippen molar-refractivity contribution < 1.29 is 9.53 Å². The van der Waals surface area contributed by atoms with Gasteiger partial charge in [-0.25, -0.2) is 0 Å². The lowest BCUT2D eigenvalue weighted by Crippen LogP contribution is -2.28. The van der Waals surface area contributed by atoms with Crippen LogP contribution in [0.15, 0.2) is 24.3 Å². The fourth-order valence-corrected chi connectivity index (χ4v) is 2.74. The first kappa shape index (κ1) is 10.9. The third-order valence-corrected chi connectivity index (χ3v) is 3.78. The Morgan fingerprint density at radius 3 is 2.65 bits per heavy atom. The maximum absolute atomic E-state index is 11.0.